The number of hydrogen-bond donors (Lipinski definition) is 1. The third-order valence-electron chi connectivity index (χ3n) is 0.990. The summed E-state index contributed by atoms with van der Waals surface area (Å²) >= 11 is 0. The Bertz CT molecular complexity index is 126. The van der Waals surface area contributed by atoms with E-state index in [0.29, 0.717) is 18.7 Å². The first-order valence-corrected chi connectivity index (χ1v) is 2.05. The van der Waals surface area contributed by atoms with Crippen molar-refractivity contribution in [1.82, 2.24) is 5.06 Å². The summed E-state index contributed by atoms with van der Waals surface area (Å²) in [4.78, 5) is 9.63. The van der Waals surface area contributed by atoms with Gasteiger partial charge in [0.05, 0.1) is 6.54 Å². The zero-order chi connectivity index (χ0) is 5.28. The second-order valence-electron chi connectivity index (χ2n) is 1.42. The Morgan fingerprint density at radius 1 is 1.86 bits per heavy atom. The molecule has 38 valence electrons. The van der Waals surface area contributed by atoms with Gasteiger partial charge in [0, 0.05) is 6.42 Å². The molecule has 1 saturated heterocycles. The molecule has 3 heteroatoms. The fourth-order valence-electron chi connectivity index (χ4n) is 0.427. The lowest BCUT2D eigenvalue weighted by Crippen LogP contribution is -2.31. The van der Waals surface area contributed by atoms with Crippen LogP contribution in [-0.2, 0) is 4.79 Å². The minimum atomic E-state index is 0.361. The molecule has 1 fully saturated rings. The molecule has 0 amide bonds. The SMILES string of the molecule is O=C=C1CCN1O. The monoisotopic (exact) mass is 99.0 g/mol. The van der Waals surface area contributed by atoms with Gasteiger partial charge >= 0.3 is 0 Å². The van der Waals surface area contributed by atoms with Crippen LogP contribution in [0.25, 0.3) is 0 Å². The van der Waals surface area contributed by atoms with Crippen LogP contribution in [0.5, 0.6) is 0 Å². The summed E-state index contributed by atoms with van der Waals surface area (Å²) in [7, 11) is 0. The minimum absolute atomic E-state index is 0.361. The van der Waals surface area contributed by atoms with E-state index < -0.39 is 0 Å². The Balaban J connectivity index is 2.60. The molecule has 1 rings (SSSR count). The molecule has 0 saturated carbocycles. The van der Waals surface area contributed by atoms with Crippen LogP contribution in [0, 0.1) is 0 Å². The quantitative estimate of drug-likeness (QED) is 0.427. The number of hydroxylamine groups is 2. The highest BCUT2D eigenvalue weighted by molar-refractivity contribution is 5.52. The van der Waals surface area contributed by atoms with Crippen LogP contribution < -0.4 is 0 Å². The number of rotatable bonds is 0. The minimum Gasteiger partial charge on any atom is -0.288 e. The Morgan fingerprint density at radius 3 is 2.57 bits per heavy atom. The van der Waals surface area contributed by atoms with Gasteiger partial charge in [-0.3, -0.25) is 5.21 Å². The number of nitrogens with zero attached hydrogens (tertiary/aromatic N) is 1. The summed E-state index contributed by atoms with van der Waals surface area (Å²) in [6.07, 6.45) is 0.667. The highest BCUT2D eigenvalue weighted by Gasteiger charge is 2.17. The molecular formula is C4H5NO2. The van der Waals surface area contributed by atoms with E-state index in [1.165, 1.54) is 0 Å². The average Bonchev–Trinajstić information content (AvgIpc) is 1.65. The largest absolute Gasteiger partial charge is 0.288 e. The van der Waals surface area contributed by atoms with E-state index >= 15 is 0 Å². The van der Waals surface area contributed by atoms with Crippen molar-refractivity contribution in [3.63, 3.8) is 0 Å². The van der Waals surface area contributed by atoms with E-state index in [0.717, 1.165) is 5.06 Å². The molecule has 0 bridgehead atoms. The standard InChI is InChI=1S/C4H5NO2/c6-3-4-1-2-5(4)7/h7H,1-2H2. The fourth-order valence-corrected chi connectivity index (χ4v) is 0.427. The smallest absolute Gasteiger partial charge is 0.148 e. The summed E-state index contributed by atoms with van der Waals surface area (Å²) in [5, 5.41) is 9.34. The van der Waals surface area contributed by atoms with Crippen LogP contribution in [0.2, 0.25) is 0 Å². The van der Waals surface area contributed by atoms with E-state index in [2.05, 4.69) is 0 Å². The molecule has 0 aromatic carbocycles. The van der Waals surface area contributed by atoms with Gasteiger partial charge in [-0.25, -0.2) is 9.86 Å². The molecule has 0 aromatic heterocycles. The Labute approximate surface area is 40.8 Å². The first-order chi connectivity index (χ1) is 3.34. The number of carbonyl (C=O) groups excluding carboxylic acids is 1. The molecule has 0 aromatic rings. The summed E-state index contributed by atoms with van der Waals surface area (Å²) in [6.45, 7) is 0.574. The van der Waals surface area contributed by atoms with Crippen molar-refractivity contribution in [3.8, 4) is 0 Å². The topological polar surface area (TPSA) is 40.5 Å². The molecule has 7 heavy (non-hydrogen) atoms. The van der Waals surface area contributed by atoms with Crippen LogP contribution in [0.3, 0.4) is 0 Å². The molecule has 0 radical (unpaired) electrons. The van der Waals surface area contributed by atoms with Gasteiger partial charge in [-0.15, -0.1) is 0 Å². The van der Waals surface area contributed by atoms with Crippen molar-refractivity contribution in [2.45, 2.75) is 6.42 Å². The van der Waals surface area contributed by atoms with Gasteiger partial charge in [0.25, 0.3) is 0 Å². The van der Waals surface area contributed by atoms with Crippen molar-refractivity contribution in [2.24, 2.45) is 0 Å². The normalized spacial score (nSPS) is 18.4. The van der Waals surface area contributed by atoms with Crippen molar-refractivity contribution in [2.75, 3.05) is 6.54 Å². The third kappa shape index (κ3) is 0.515. The first kappa shape index (κ1) is 4.37. The molecule has 0 atom stereocenters. The molecular weight excluding hydrogens is 94.0 g/mol. The molecule has 1 N–H and O–H groups in total. The maximum atomic E-state index is 9.63. The molecule has 1 aliphatic heterocycles. The van der Waals surface area contributed by atoms with Crippen LogP contribution in [0.4, 0.5) is 0 Å². The summed E-state index contributed by atoms with van der Waals surface area (Å²) < 4.78 is 0. The second-order valence-corrected chi connectivity index (χ2v) is 1.42. The van der Waals surface area contributed by atoms with Gasteiger partial charge in [-0.2, -0.15) is 0 Å². The summed E-state index contributed by atoms with van der Waals surface area (Å²) in [5.74, 6) is 1.59. The van der Waals surface area contributed by atoms with Gasteiger partial charge in [-0.1, -0.05) is 0 Å². The van der Waals surface area contributed by atoms with Crippen molar-refractivity contribution in [3.05, 3.63) is 5.70 Å². The molecule has 3 nitrogen and oxygen atoms in total. The van der Waals surface area contributed by atoms with E-state index in [1.807, 2.05) is 0 Å². The lowest BCUT2D eigenvalue weighted by molar-refractivity contribution is -0.0937. The van der Waals surface area contributed by atoms with Gasteiger partial charge in [-0.05, 0) is 0 Å². The lowest BCUT2D eigenvalue weighted by atomic mass is 10.2. The van der Waals surface area contributed by atoms with Crippen LogP contribution in [-0.4, -0.2) is 22.8 Å². The van der Waals surface area contributed by atoms with E-state index in [-0.39, 0.29) is 0 Å². The van der Waals surface area contributed by atoms with Crippen molar-refractivity contribution in [1.29, 1.82) is 0 Å². The maximum absolute atomic E-state index is 9.63. The van der Waals surface area contributed by atoms with Crippen LogP contribution in [0.15, 0.2) is 5.70 Å². The zero-order valence-electron chi connectivity index (χ0n) is 3.72. The molecule has 1 aliphatic rings. The Morgan fingerprint density at radius 2 is 2.57 bits per heavy atom. The Kier molecular flexibility index (Phi) is 0.855. The Hall–Kier alpha value is -0.790. The van der Waals surface area contributed by atoms with Gasteiger partial charge in [0.1, 0.15) is 11.6 Å². The van der Waals surface area contributed by atoms with E-state index in [4.69, 9.17) is 5.21 Å². The number of hydrogen-bond acceptors (Lipinski definition) is 3. The predicted molar refractivity (Wildman–Crippen MR) is 22.3 cm³/mol. The molecule has 1 heterocycles. The highest BCUT2D eigenvalue weighted by atomic mass is 16.5. The maximum Gasteiger partial charge on any atom is 0.148 e. The van der Waals surface area contributed by atoms with Gasteiger partial charge < -0.3 is 0 Å². The first-order valence-electron chi connectivity index (χ1n) is 2.05. The third-order valence-corrected chi connectivity index (χ3v) is 0.990. The highest BCUT2D eigenvalue weighted by Crippen LogP contribution is 2.13. The van der Waals surface area contributed by atoms with E-state index in [9.17, 15) is 4.79 Å². The van der Waals surface area contributed by atoms with Crippen molar-refractivity contribution >= 4 is 5.94 Å². The molecule has 0 spiro atoms. The predicted octanol–water partition coefficient (Wildman–Crippen LogP) is -0.203. The molecule has 0 unspecified atom stereocenters. The second kappa shape index (κ2) is 1.37. The van der Waals surface area contributed by atoms with Crippen molar-refractivity contribution < 1.29 is 10.0 Å². The van der Waals surface area contributed by atoms with Crippen LogP contribution >= 0.6 is 0 Å². The molecule has 0 aliphatic carbocycles. The van der Waals surface area contributed by atoms with Gasteiger partial charge in [0.15, 0.2) is 0 Å². The van der Waals surface area contributed by atoms with Gasteiger partial charge in [0.2, 0.25) is 0 Å². The summed E-state index contributed by atoms with van der Waals surface area (Å²) in [5.41, 5.74) is 0.361. The van der Waals surface area contributed by atoms with Crippen LogP contribution in [0.1, 0.15) is 6.42 Å². The summed E-state index contributed by atoms with van der Waals surface area (Å²) in [6, 6.07) is 0. The fraction of sp³-hybridized carbons (Fsp3) is 0.500. The average molecular weight is 99.1 g/mol. The van der Waals surface area contributed by atoms with E-state index in [1.54, 1.807) is 5.94 Å². The lowest BCUT2D eigenvalue weighted by Gasteiger charge is -2.25. The zero-order valence-corrected chi connectivity index (χ0v) is 3.72.